The van der Waals surface area contributed by atoms with Crippen molar-refractivity contribution < 1.29 is 9.53 Å². The second kappa shape index (κ2) is 9.25. The van der Waals surface area contributed by atoms with Gasteiger partial charge >= 0.3 is 0 Å². The molecule has 0 aliphatic heterocycles. The van der Waals surface area contributed by atoms with Gasteiger partial charge in [-0.3, -0.25) is 4.79 Å². The van der Waals surface area contributed by atoms with Crippen molar-refractivity contribution in [1.29, 1.82) is 0 Å². The first-order valence-electron chi connectivity index (χ1n) is 9.47. The third-order valence-corrected chi connectivity index (χ3v) is 4.86. The van der Waals surface area contributed by atoms with E-state index in [1.54, 1.807) is 12.3 Å². The zero-order valence-electron chi connectivity index (χ0n) is 16.1. The number of amides is 1. The first-order chi connectivity index (χ1) is 14.7. The van der Waals surface area contributed by atoms with Crippen LogP contribution in [-0.2, 0) is 6.61 Å². The molecule has 0 aromatic heterocycles. The summed E-state index contributed by atoms with van der Waals surface area (Å²) in [6.07, 6.45) is 1.60. The second-order valence-electron chi connectivity index (χ2n) is 6.71. The Balaban J connectivity index is 1.35. The molecule has 4 aromatic carbocycles. The molecule has 30 heavy (non-hydrogen) atoms. The van der Waals surface area contributed by atoms with Gasteiger partial charge in [0.15, 0.2) is 0 Å². The van der Waals surface area contributed by atoms with Gasteiger partial charge in [-0.25, -0.2) is 5.43 Å². The van der Waals surface area contributed by atoms with Crippen molar-refractivity contribution in [2.75, 3.05) is 0 Å². The summed E-state index contributed by atoms with van der Waals surface area (Å²) in [6, 6.07) is 28.4. The fourth-order valence-corrected chi connectivity index (χ4v) is 3.17. The topological polar surface area (TPSA) is 50.7 Å². The number of hydrogen-bond acceptors (Lipinski definition) is 3. The lowest BCUT2D eigenvalue weighted by Crippen LogP contribution is -2.17. The highest BCUT2D eigenvalue weighted by Gasteiger charge is 2.08. The van der Waals surface area contributed by atoms with Gasteiger partial charge in [-0.1, -0.05) is 60.1 Å². The lowest BCUT2D eigenvalue weighted by atomic mass is 10.0. The summed E-state index contributed by atoms with van der Waals surface area (Å²) in [5.74, 6) is 0.507. The van der Waals surface area contributed by atoms with Crippen LogP contribution in [0.3, 0.4) is 0 Å². The summed E-state index contributed by atoms with van der Waals surface area (Å²) < 4.78 is 5.77. The maximum Gasteiger partial charge on any atom is 0.271 e. The molecule has 0 atom stereocenters. The van der Waals surface area contributed by atoms with Crippen molar-refractivity contribution in [2.24, 2.45) is 5.10 Å². The molecule has 0 radical (unpaired) electrons. The molecule has 0 saturated heterocycles. The average Bonchev–Trinajstić information content (AvgIpc) is 2.79. The Bertz CT molecular complexity index is 1180. The molecule has 0 fully saturated rings. The highest BCUT2D eigenvalue weighted by molar-refractivity contribution is 6.30. The minimum Gasteiger partial charge on any atom is -0.489 e. The maximum absolute atomic E-state index is 12.5. The lowest BCUT2D eigenvalue weighted by Gasteiger charge is -2.07. The Labute approximate surface area is 179 Å². The van der Waals surface area contributed by atoms with Gasteiger partial charge in [-0.05, 0) is 64.4 Å². The maximum atomic E-state index is 12.5. The SMILES string of the molecule is O=C(N/N=C\c1ccc(OCc2ccc(Cl)cc2)cc1)c1cccc2ccccc12. The number of benzene rings is 4. The van der Waals surface area contributed by atoms with Crippen molar-refractivity contribution >= 4 is 34.5 Å². The number of carbonyl (C=O) groups is 1. The van der Waals surface area contributed by atoms with E-state index in [-0.39, 0.29) is 5.91 Å². The molecular weight excluding hydrogens is 396 g/mol. The Morgan fingerprint density at radius 1 is 0.900 bits per heavy atom. The Morgan fingerprint density at radius 3 is 2.43 bits per heavy atom. The molecule has 1 N–H and O–H groups in total. The molecule has 4 aromatic rings. The van der Waals surface area contributed by atoms with Crippen LogP contribution in [0.2, 0.25) is 5.02 Å². The molecule has 0 unspecified atom stereocenters. The molecule has 0 bridgehead atoms. The normalized spacial score (nSPS) is 11.0. The van der Waals surface area contributed by atoms with Gasteiger partial charge in [-0.15, -0.1) is 0 Å². The van der Waals surface area contributed by atoms with Crippen LogP contribution < -0.4 is 10.2 Å². The summed E-state index contributed by atoms with van der Waals surface area (Å²) in [7, 11) is 0. The number of hydrogen-bond donors (Lipinski definition) is 1. The zero-order valence-corrected chi connectivity index (χ0v) is 16.8. The molecule has 0 spiro atoms. The predicted molar refractivity (Wildman–Crippen MR) is 121 cm³/mol. The second-order valence-corrected chi connectivity index (χ2v) is 7.15. The third-order valence-electron chi connectivity index (χ3n) is 4.61. The molecular formula is C25H19ClN2O2. The number of ether oxygens (including phenoxy) is 1. The number of carbonyl (C=O) groups excluding carboxylic acids is 1. The largest absolute Gasteiger partial charge is 0.489 e. The third kappa shape index (κ3) is 4.85. The number of hydrazone groups is 1. The Hall–Kier alpha value is -3.63. The van der Waals surface area contributed by atoms with Gasteiger partial charge in [0.2, 0.25) is 0 Å². The zero-order chi connectivity index (χ0) is 20.8. The van der Waals surface area contributed by atoms with Gasteiger partial charge in [0.05, 0.1) is 6.21 Å². The summed E-state index contributed by atoms with van der Waals surface area (Å²) in [5, 5.41) is 6.70. The van der Waals surface area contributed by atoms with Crippen LogP contribution in [-0.4, -0.2) is 12.1 Å². The van der Waals surface area contributed by atoms with Gasteiger partial charge in [0.1, 0.15) is 12.4 Å². The van der Waals surface area contributed by atoms with E-state index in [2.05, 4.69) is 10.5 Å². The van der Waals surface area contributed by atoms with E-state index in [1.165, 1.54) is 0 Å². The Morgan fingerprint density at radius 2 is 1.63 bits per heavy atom. The van der Waals surface area contributed by atoms with Gasteiger partial charge in [-0.2, -0.15) is 5.10 Å². The molecule has 1 amide bonds. The van der Waals surface area contributed by atoms with E-state index in [0.29, 0.717) is 17.2 Å². The molecule has 0 aliphatic carbocycles. The first kappa shape index (κ1) is 19.7. The number of halogens is 1. The van der Waals surface area contributed by atoms with Crippen molar-refractivity contribution in [3.05, 3.63) is 113 Å². The average molecular weight is 415 g/mol. The monoisotopic (exact) mass is 414 g/mol. The summed E-state index contributed by atoms with van der Waals surface area (Å²) in [5.41, 5.74) is 5.08. The Kier molecular flexibility index (Phi) is 6.06. The van der Waals surface area contributed by atoms with Crippen LogP contribution in [0.15, 0.2) is 96.1 Å². The van der Waals surface area contributed by atoms with Crippen LogP contribution in [0, 0.1) is 0 Å². The smallest absolute Gasteiger partial charge is 0.271 e. The van der Waals surface area contributed by atoms with Gasteiger partial charge in [0.25, 0.3) is 5.91 Å². The molecule has 4 rings (SSSR count). The van der Waals surface area contributed by atoms with E-state index >= 15 is 0 Å². The molecule has 0 saturated carbocycles. The van der Waals surface area contributed by atoms with Crippen molar-refractivity contribution in [3.8, 4) is 5.75 Å². The first-order valence-corrected chi connectivity index (χ1v) is 9.85. The fraction of sp³-hybridized carbons (Fsp3) is 0.0400. The van der Waals surface area contributed by atoms with Crippen molar-refractivity contribution in [1.82, 2.24) is 5.43 Å². The fourth-order valence-electron chi connectivity index (χ4n) is 3.05. The van der Waals surface area contributed by atoms with E-state index in [4.69, 9.17) is 16.3 Å². The molecule has 5 heteroatoms. The quantitative estimate of drug-likeness (QED) is 0.318. The van der Waals surface area contributed by atoms with Gasteiger partial charge in [0, 0.05) is 10.6 Å². The number of nitrogens with one attached hydrogen (secondary N) is 1. The molecule has 0 aliphatic rings. The minimum absolute atomic E-state index is 0.244. The summed E-state index contributed by atoms with van der Waals surface area (Å²) >= 11 is 5.89. The van der Waals surface area contributed by atoms with Gasteiger partial charge < -0.3 is 4.74 Å². The number of nitrogens with zero attached hydrogens (tertiary/aromatic N) is 1. The van der Waals surface area contributed by atoms with Crippen LogP contribution in [0.25, 0.3) is 10.8 Å². The minimum atomic E-state index is -0.244. The molecule has 0 heterocycles. The highest BCUT2D eigenvalue weighted by Crippen LogP contribution is 2.18. The molecule has 4 nitrogen and oxygen atoms in total. The lowest BCUT2D eigenvalue weighted by molar-refractivity contribution is 0.0957. The van der Waals surface area contributed by atoms with E-state index in [1.807, 2.05) is 84.9 Å². The van der Waals surface area contributed by atoms with Crippen LogP contribution >= 0.6 is 11.6 Å². The summed E-state index contributed by atoms with van der Waals surface area (Å²) in [6.45, 7) is 0.464. The van der Waals surface area contributed by atoms with E-state index in [0.717, 1.165) is 27.6 Å². The van der Waals surface area contributed by atoms with E-state index < -0.39 is 0 Å². The summed E-state index contributed by atoms with van der Waals surface area (Å²) in [4.78, 5) is 12.5. The standard InChI is InChI=1S/C25H19ClN2O2/c26-21-12-8-19(9-13-21)17-30-22-14-10-18(11-15-22)16-27-28-25(29)24-7-3-5-20-4-1-2-6-23(20)24/h1-16H,17H2,(H,28,29)/b27-16-. The number of fused-ring (bicyclic) bond motifs is 1. The van der Waals surface area contributed by atoms with Crippen LogP contribution in [0.1, 0.15) is 21.5 Å². The van der Waals surface area contributed by atoms with Crippen LogP contribution in [0.4, 0.5) is 0 Å². The van der Waals surface area contributed by atoms with Crippen molar-refractivity contribution in [2.45, 2.75) is 6.61 Å². The highest BCUT2D eigenvalue weighted by atomic mass is 35.5. The van der Waals surface area contributed by atoms with Crippen molar-refractivity contribution in [3.63, 3.8) is 0 Å². The molecule has 148 valence electrons. The predicted octanol–water partition coefficient (Wildman–Crippen LogP) is 5.84. The number of rotatable bonds is 6. The van der Waals surface area contributed by atoms with E-state index in [9.17, 15) is 4.79 Å². The van der Waals surface area contributed by atoms with Crippen LogP contribution in [0.5, 0.6) is 5.75 Å².